The Morgan fingerprint density at radius 1 is 1.33 bits per heavy atom. The minimum absolute atomic E-state index is 0.0665. The normalized spacial score (nSPS) is 10.8. The molecule has 124 valence electrons. The molecule has 7 nitrogen and oxygen atoms in total. The summed E-state index contributed by atoms with van der Waals surface area (Å²) < 4.78 is 0.907. The molecule has 0 heterocycles. The maximum absolute atomic E-state index is 11.9. The maximum Gasteiger partial charge on any atom is 0.270 e. The van der Waals surface area contributed by atoms with Crippen LogP contribution in [0.25, 0.3) is 0 Å². The lowest BCUT2D eigenvalue weighted by molar-refractivity contribution is -0.385. The van der Waals surface area contributed by atoms with Gasteiger partial charge in [0, 0.05) is 28.5 Å². The molecular formula is C16H13BrN3O4-. The van der Waals surface area contributed by atoms with Crippen LogP contribution in [-0.4, -0.2) is 23.6 Å². The summed E-state index contributed by atoms with van der Waals surface area (Å²) in [5, 5.41) is 25.0. The summed E-state index contributed by atoms with van der Waals surface area (Å²) in [5.74, 6) is -0.747. The van der Waals surface area contributed by atoms with Gasteiger partial charge in [0.15, 0.2) is 0 Å². The summed E-state index contributed by atoms with van der Waals surface area (Å²) in [6.07, 6.45) is 1.17. The molecule has 0 saturated heterocycles. The zero-order valence-corrected chi connectivity index (χ0v) is 14.2. The number of aryl methyl sites for hydroxylation is 1. The van der Waals surface area contributed by atoms with E-state index in [4.69, 9.17) is 0 Å². The number of benzene rings is 2. The van der Waals surface area contributed by atoms with Crippen molar-refractivity contribution in [2.45, 2.75) is 6.92 Å². The minimum Gasteiger partial charge on any atom is -0.872 e. The topological polar surface area (TPSA) is 108 Å². The van der Waals surface area contributed by atoms with Crippen LogP contribution in [0.2, 0.25) is 0 Å². The molecule has 1 N–H and O–H groups in total. The standard InChI is InChI=1S/C16H14BrN3O4/c1-10-6-12(17)2-4-14(10)19-16(22)9-18-8-11-7-13(20(23)24)3-5-15(11)21/h2-8,21H,9H2,1H3,(H,19,22)/p-1. The van der Waals surface area contributed by atoms with Crippen LogP contribution >= 0.6 is 15.9 Å². The summed E-state index contributed by atoms with van der Waals surface area (Å²) >= 11 is 3.34. The van der Waals surface area contributed by atoms with Crippen LogP contribution in [0.15, 0.2) is 45.9 Å². The second-order valence-corrected chi connectivity index (χ2v) is 5.87. The van der Waals surface area contributed by atoms with E-state index >= 15 is 0 Å². The monoisotopic (exact) mass is 390 g/mol. The molecule has 0 unspecified atom stereocenters. The van der Waals surface area contributed by atoms with Gasteiger partial charge in [-0.2, -0.15) is 0 Å². The zero-order valence-electron chi connectivity index (χ0n) is 12.7. The number of nitro benzene ring substituents is 1. The number of non-ortho nitro benzene ring substituents is 1. The van der Waals surface area contributed by atoms with Crippen molar-refractivity contribution in [1.29, 1.82) is 0 Å². The van der Waals surface area contributed by atoms with E-state index in [0.717, 1.165) is 28.2 Å². The van der Waals surface area contributed by atoms with E-state index in [1.54, 1.807) is 12.1 Å². The Balaban J connectivity index is 2.02. The van der Waals surface area contributed by atoms with Crippen LogP contribution in [0.1, 0.15) is 11.1 Å². The maximum atomic E-state index is 11.9. The van der Waals surface area contributed by atoms with E-state index in [2.05, 4.69) is 26.2 Å². The SMILES string of the molecule is Cc1cc(Br)ccc1NC(=O)CN=Cc1cc([N+](=O)[O-])ccc1[O-]. The first kappa shape index (κ1) is 17.6. The quantitative estimate of drug-likeness (QED) is 0.480. The van der Waals surface area contributed by atoms with Crippen molar-refractivity contribution < 1.29 is 14.8 Å². The van der Waals surface area contributed by atoms with Gasteiger partial charge in [-0.15, -0.1) is 0 Å². The molecule has 0 aliphatic heterocycles. The number of nitro groups is 1. The molecule has 0 fully saturated rings. The molecule has 0 atom stereocenters. The first-order chi connectivity index (χ1) is 11.4. The van der Waals surface area contributed by atoms with Crippen molar-refractivity contribution in [3.63, 3.8) is 0 Å². The molecule has 0 aliphatic carbocycles. The van der Waals surface area contributed by atoms with Crippen LogP contribution in [-0.2, 0) is 4.79 Å². The molecule has 2 aromatic carbocycles. The summed E-state index contributed by atoms with van der Waals surface area (Å²) in [6, 6.07) is 8.79. The number of nitrogens with zero attached hydrogens (tertiary/aromatic N) is 2. The molecule has 0 saturated carbocycles. The number of hydrogen-bond donors (Lipinski definition) is 1. The Morgan fingerprint density at radius 2 is 2.08 bits per heavy atom. The molecule has 1 amide bonds. The first-order valence-corrected chi connectivity index (χ1v) is 7.67. The lowest BCUT2D eigenvalue weighted by Crippen LogP contribution is -2.15. The average Bonchev–Trinajstić information content (AvgIpc) is 2.51. The number of rotatable bonds is 5. The Bertz CT molecular complexity index is 821. The molecule has 0 radical (unpaired) electrons. The predicted octanol–water partition coefficient (Wildman–Crippen LogP) is 2.80. The van der Waals surface area contributed by atoms with E-state index < -0.39 is 10.7 Å². The van der Waals surface area contributed by atoms with Crippen molar-refractivity contribution in [3.05, 3.63) is 62.1 Å². The van der Waals surface area contributed by atoms with Gasteiger partial charge < -0.3 is 10.4 Å². The second-order valence-electron chi connectivity index (χ2n) is 4.96. The lowest BCUT2D eigenvalue weighted by atomic mass is 10.2. The van der Waals surface area contributed by atoms with Gasteiger partial charge in [0.2, 0.25) is 5.91 Å². The fourth-order valence-electron chi connectivity index (χ4n) is 1.93. The summed E-state index contributed by atoms with van der Waals surface area (Å²) in [5.41, 5.74) is 1.42. The minimum atomic E-state index is -0.597. The van der Waals surface area contributed by atoms with Gasteiger partial charge in [-0.1, -0.05) is 27.7 Å². The molecule has 0 aliphatic rings. The van der Waals surface area contributed by atoms with Gasteiger partial charge in [0.25, 0.3) is 5.69 Å². The number of hydrogen-bond acceptors (Lipinski definition) is 5. The molecule has 0 aromatic heterocycles. The van der Waals surface area contributed by atoms with Gasteiger partial charge in [-0.3, -0.25) is 19.9 Å². The van der Waals surface area contributed by atoms with E-state index in [1.165, 1.54) is 6.21 Å². The number of halogens is 1. The summed E-state index contributed by atoms with van der Waals surface area (Å²) in [6.45, 7) is 1.66. The Kier molecular flexibility index (Phi) is 5.64. The van der Waals surface area contributed by atoms with Gasteiger partial charge in [-0.05, 0) is 36.2 Å². The van der Waals surface area contributed by atoms with Crippen LogP contribution in [0.5, 0.6) is 5.75 Å². The van der Waals surface area contributed by atoms with Crippen LogP contribution < -0.4 is 10.4 Å². The fourth-order valence-corrected chi connectivity index (χ4v) is 2.41. The van der Waals surface area contributed by atoms with Gasteiger partial charge in [-0.25, -0.2) is 0 Å². The van der Waals surface area contributed by atoms with Crippen molar-refractivity contribution in [1.82, 2.24) is 0 Å². The third-order valence-electron chi connectivity index (χ3n) is 3.13. The Hall–Kier alpha value is -2.74. The van der Waals surface area contributed by atoms with E-state index in [1.807, 2.05) is 13.0 Å². The number of amides is 1. The Labute approximate surface area is 146 Å². The van der Waals surface area contributed by atoms with E-state index in [0.29, 0.717) is 5.69 Å². The second kappa shape index (κ2) is 7.69. The van der Waals surface area contributed by atoms with Crippen molar-refractivity contribution in [2.75, 3.05) is 11.9 Å². The van der Waals surface area contributed by atoms with Crippen LogP contribution in [0.4, 0.5) is 11.4 Å². The largest absolute Gasteiger partial charge is 0.872 e. The molecule has 24 heavy (non-hydrogen) atoms. The molecule has 8 heteroatoms. The number of anilines is 1. The van der Waals surface area contributed by atoms with Gasteiger partial charge in [0.05, 0.1) is 4.92 Å². The number of nitrogens with one attached hydrogen (secondary N) is 1. The molecule has 2 rings (SSSR count). The first-order valence-electron chi connectivity index (χ1n) is 6.88. The lowest BCUT2D eigenvalue weighted by Gasteiger charge is -2.09. The third kappa shape index (κ3) is 4.63. The Morgan fingerprint density at radius 3 is 2.75 bits per heavy atom. The number of aliphatic imine (C=N–C) groups is 1. The summed E-state index contributed by atoms with van der Waals surface area (Å²) in [7, 11) is 0. The highest BCUT2D eigenvalue weighted by molar-refractivity contribution is 9.10. The number of carbonyl (C=O) groups excluding carboxylic acids is 1. The third-order valence-corrected chi connectivity index (χ3v) is 3.63. The molecule has 0 spiro atoms. The van der Waals surface area contributed by atoms with Crippen LogP contribution in [0.3, 0.4) is 0 Å². The summed E-state index contributed by atoms with van der Waals surface area (Å²) in [4.78, 5) is 25.9. The number of carbonyl (C=O) groups is 1. The van der Waals surface area contributed by atoms with Crippen LogP contribution in [0, 0.1) is 17.0 Å². The van der Waals surface area contributed by atoms with Crippen molar-refractivity contribution >= 4 is 39.4 Å². The highest BCUT2D eigenvalue weighted by Gasteiger charge is 2.06. The molecular weight excluding hydrogens is 378 g/mol. The van der Waals surface area contributed by atoms with E-state index in [9.17, 15) is 20.0 Å². The smallest absolute Gasteiger partial charge is 0.270 e. The zero-order chi connectivity index (χ0) is 17.7. The molecule has 2 aromatic rings. The predicted molar refractivity (Wildman–Crippen MR) is 92.5 cm³/mol. The van der Waals surface area contributed by atoms with Crippen molar-refractivity contribution in [3.8, 4) is 5.75 Å². The molecule has 0 bridgehead atoms. The average molecular weight is 391 g/mol. The van der Waals surface area contributed by atoms with E-state index in [-0.39, 0.29) is 23.7 Å². The van der Waals surface area contributed by atoms with Gasteiger partial charge >= 0.3 is 0 Å². The van der Waals surface area contributed by atoms with Crippen molar-refractivity contribution in [2.24, 2.45) is 4.99 Å². The van der Waals surface area contributed by atoms with Gasteiger partial charge in [0.1, 0.15) is 6.54 Å². The fraction of sp³-hybridized carbons (Fsp3) is 0.125. The highest BCUT2D eigenvalue weighted by Crippen LogP contribution is 2.20. The highest BCUT2D eigenvalue weighted by atomic mass is 79.9.